The van der Waals surface area contributed by atoms with Crippen LogP contribution in [0, 0.1) is 5.82 Å². The molecule has 1 saturated heterocycles. The van der Waals surface area contributed by atoms with Crippen LogP contribution in [-0.2, 0) is 9.84 Å². The topological polar surface area (TPSA) is 79.8 Å². The van der Waals surface area contributed by atoms with Gasteiger partial charge in [-0.1, -0.05) is 12.1 Å². The number of sulfone groups is 1. The molecule has 0 radical (unpaired) electrons. The quantitative estimate of drug-likeness (QED) is 0.387. The Morgan fingerprint density at radius 1 is 1.46 bits per heavy atom. The van der Waals surface area contributed by atoms with Crippen molar-refractivity contribution in [1.29, 1.82) is 0 Å². The van der Waals surface area contributed by atoms with Gasteiger partial charge in [0, 0.05) is 13.1 Å². The lowest BCUT2D eigenvalue weighted by atomic mass is 10.3. The van der Waals surface area contributed by atoms with E-state index < -0.39 is 15.7 Å². The maximum atomic E-state index is 13.5. The van der Waals surface area contributed by atoms with Gasteiger partial charge in [0.15, 0.2) is 27.4 Å². The second-order valence-corrected chi connectivity index (χ2v) is 7.79. The summed E-state index contributed by atoms with van der Waals surface area (Å²) in [6, 6.07) is 6.10. The Bertz CT molecular complexity index is 670. The maximum Gasteiger partial charge on any atom is 0.191 e. The largest absolute Gasteiger partial charge is 0.486 e. The molecule has 0 bridgehead atoms. The smallest absolute Gasteiger partial charge is 0.191 e. The molecule has 0 amide bonds. The van der Waals surface area contributed by atoms with Gasteiger partial charge in [-0.15, -0.1) is 24.0 Å². The van der Waals surface area contributed by atoms with Crippen molar-refractivity contribution in [3.05, 3.63) is 30.1 Å². The second-order valence-electron chi connectivity index (χ2n) is 5.56. The van der Waals surface area contributed by atoms with Crippen molar-refractivity contribution in [1.82, 2.24) is 10.6 Å². The minimum absolute atomic E-state index is 0. The molecule has 9 heteroatoms. The molecule has 1 aromatic carbocycles. The molecule has 1 aliphatic rings. The minimum Gasteiger partial charge on any atom is -0.486 e. The average molecular weight is 471 g/mol. The lowest BCUT2D eigenvalue weighted by molar-refractivity contribution is 0.214. The van der Waals surface area contributed by atoms with E-state index in [4.69, 9.17) is 4.74 Å². The zero-order chi connectivity index (χ0) is 16.9. The van der Waals surface area contributed by atoms with Crippen molar-refractivity contribution in [2.24, 2.45) is 4.99 Å². The number of rotatable bonds is 5. The Kier molecular flexibility index (Phi) is 8.20. The molecule has 1 heterocycles. The van der Waals surface area contributed by atoms with E-state index >= 15 is 0 Å². The van der Waals surface area contributed by atoms with Crippen molar-refractivity contribution >= 4 is 39.8 Å². The highest BCUT2D eigenvalue weighted by Crippen LogP contribution is 2.16. The highest BCUT2D eigenvalue weighted by atomic mass is 127. The summed E-state index contributed by atoms with van der Waals surface area (Å²) in [6.45, 7) is 2.22. The third-order valence-corrected chi connectivity index (χ3v) is 5.29. The Morgan fingerprint density at radius 3 is 2.75 bits per heavy atom. The number of aliphatic imine (C=N–C) groups is 1. The molecule has 0 saturated carbocycles. The van der Waals surface area contributed by atoms with Crippen LogP contribution >= 0.6 is 24.0 Å². The van der Waals surface area contributed by atoms with Crippen molar-refractivity contribution in [2.45, 2.75) is 25.5 Å². The molecule has 24 heavy (non-hydrogen) atoms. The van der Waals surface area contributed by atoms with Crippen LogP contribution in [0.3, 0.4) is 0 Å². The molecular formula is C15H23FIN3O3S. The summed E-state index contributed by atoms with van der Waals surface area (Å²) in [4.78, 5) is 4.07. The number of guanidine groups is 1. The van der Waals surface area contributed by atoms with E-state index in [-0.39, 0.29) is 53.4 Å². The highest BCUT2D eigenvalue weighted by molar-refractivity contribution is 14.0. The molecule has 6 nitrogen and oxygen atoms in total. The maximum absolute atomic E-state index is 13.5. The highest BCUT2D eigenvalue weighted by Gasteiger charge is 2.28. The lowest BCUT2D eigenvalue weighted by Gasteiger charge is -2.19. The minimum atomic E-state index is -2.94. The zero-order valence-electron chi connectivity index (χ0n) is 13.7. The van der Waals surface area contributed by atoms with E-state index in [1.807, 2.05) is 6.92 Å². The average Bonchev–Trinajstić information content (AvgIpc) is 2.85. The molecule has 2 unspecified atom stereocenters. The summed E-state index contributed by atoms with van der Waals surface area (Å²) < 4.78 is 42.0. The second kappa shape index (κ2) is 9.40. The summed E-state index contributed by atoms with van der Waals surface area (Å²) in [6.07, 6.45) is 0.294. The van der Waals surface area contributed by atoms with Crippen molar-refractivity contribution < 1.29 is 17.5 Å². The standard InChI is InChI=1S/C15H22FN3O3S.HI/c1-11(22-14-6-4-3-5-13(14)16)9-18-15(17-2)19-12-7-8-23(20,21)10-12;/h3-6,11-12H,7-10H2,1-2H3,(H2,17,18,19);1H. The molecular weight excluding hydrogens is 448 g/mol. The van der Waals surface area contributed by atoms with Gasteiger partial charge in [-0.25, -0.2) is 12.8 Å². The summed E-state index contributed by atoms with van der Waals surface area (Å²) >= 11 is 0. The van der Waals surface area contributed by atoms with Crippen molar-refractivity contribution in [2.75, 3.05) is 25.1 Å². The fraction of sp³-hybridized carbons (Fsp3) is 0.533. The first kappa shape index (κ1) is 20.9. The number of hydrogen-bond acceptors (Lipinski definition) is 4. The number of hydrogen-bond donors (Lipinski definition) is 2. The van der Waals surface area contributed by atoms with Crippen LogP contribution in [0.15, 0.2) is 29.3 Å². The monoisotopic (exact) mass is 471 g/mol. The zero-order valence-corrected chi connectivity index (χ0v) is 16.8. The molecule has 0 spiro atoms. The van der Waals surface area contributed by atoms with E-state index in [2.05, 4.69) is 15.6 Å². The first-order valence-corrected chi connectivity index (χ1v) is 9.30. The number of benzene rings is 1. The molecule has 2 atom stereocenters. The lowest BCUT2D eigenvalue weighted by Crippen LogP contribution is -2.46. The Hall–Kier alpha value is -1.10. The predicted octanol–water partition coefficient (Wildman–Crippen LogP) is 1.56. The van der Waals surface area contributed by atoms with Gasteiger partial charge >= 0.3 is 0 Å². The molecule has 1 aromatic rings. The molecule has 2 rings (SSSR count). The van der Waals surface area contributed by atoms with Crippen LogP contribution < -0.4 is 15.4 Å². The summed E-state index contributed by atoms with van der Waals surface area (Å²) in [5, 5.41) is 6.14. The van der Waals surface area contributed by atoms with Gasteiger partial charge in [0.2, 0.25) is 0 Å². The number of ether oxygens (including phenoxy) is 1. The van der Waals surface area contributed by atoms with Gasteiger partial charge in [0.25, 0.3) is 0 Å². The van der Waals surface area contributed by atoms with Gasteiger partial charge in [0.1, 0.15) is 6.10 Å². The summed E-state index contributed by atoms with van der Waals surface area (Å²) in [5.74, 6) is 0.629. The first-order valence-electron chi connectivity index (χ1n) is 7.48. The van der Waals surface area contributed by atoms with Gasteiger partial charge in [0.05, 0.1) is 18.1 Å². The van der Waals surface area contributed by atoms with Gasteiger partial charge in [-0.05, 0) is 25.5 Å². The fourth-order valence-corrected chi connectivity index (χ4v) is 4.01. The van der Waals surface area contributed by atoms with Gasteiger partial charge in [-0.2, -0.15) is 0 Å². The summed E-state index contributed by atoms with van der Waals surface area (Å²) in [7, 11) is -1.33. The third kappa shape index (κ3) is 6.42. The van der Waals surface area contributed by atoms with E-state index in [9.17, 15) is 12.8 Å². The van der Waals surface area contributed by atoms with Crippen LogP contribution in [0.5, 0.6) is 5.75 Å². The van der Waals surface area contributed by atoms with E-state index in [1.54, 1.807) is 25.2 Å². The van der Waals surface area contributed by atoms with Gasteiger partial charge in [-0.3, -0.25) is 4.99 Å². The summed E-state index contributed by atoms with van der Waals surface area (Å²) in [5.41, 5.74) is 0. The normalized spacial score (nSPS) is 20.8. The number of halogens is 2. The van der Waals surface area contributed by atoms with Crippen LogP contribution in [0.4, 0.5) is 4.39 Å². The molecule has 1 aliphatic heterocycles. The van der Waals surface area contributed by atoms with E-state index in [0.29, 0.717) is 18.9 Å². The third-order valence-electron chi connectivity index (χ3n) is 3.52. The molecule has 1 fully saturated rings. The van der Waals surface area contributed by atoms with Crippen LogP contribution in [0.25, 0.3) is 0 Å². The van der Waals surface area contributed by atoms with Crippen LogP contribution in [0.1, 0.15) is 13.3 Å². The molecule has 2 N–H and O–H groups in total. The van der Waals surface area contributed by atoms with E-state index in [0.717, 1.165) is 0 Å². The Morgan fingerprint density at radius 2 is 2.17 bits per heavy atom. The number of para-hydroxylation sites is 1. The molecule has 0 aliphatic carbocycles. The number of nitrogens with zero attached hydrogens (tertiary/aromatic N) is 1. The molecule has 136 valence electrons. The SMILES string of the molecule is CN=C(NCC(C)Oc1ccccc1F)NC1CCS(=O)(=O)C1.I. The first-order chi connectivity index (χ1) is 10.9. The fourth-order valence-electron chi connectivity index (χ4n) is 2.34. The van der Waals surface area contributed by atoms with Crippen LogP contribution in [0.2, 0.25) is 0 Å². The van der Waals surface area contributed by atoms with E-state index in [1.165, 1.54) is 6.07 Å². The van der Waals surface area contributed by atoms with Crippen molar-refractivity contribution in [3.8, 4) is 5.75 Å². The van der Waals surface area contributed by atoms with Crippen LogP contribution in [-0.4, -0.2) is 51.6 Å². The van der Waals surface area contributed by atoms with Gasteiger partial charge < -0.3 is 15.4 Å². The molecule has 0 aromatic heterocycles. The number of nitrogens with one attached hydrogen (secondary N) is 2. The Labute approximate surface area is 159 Å². The Balaban J connectivity index is 0.00000288. The van der Waals surface area contributed by atoms with Crippen molar-refractivity contribution in [3.63, 3.8) is 0 Å². The predicted molar refractivity (Wildman–Crippen MR) is 103 cm³/mol.